The van der Waals surface area contributed by atoms with Gasteiger partial charge in [0.05, 0.1) is 5.39 Å². The van der Waals surface area contributed by atoms with Gasteiger partial charge >= 0.3 is 0 Å². The number of nitrogens with zero attached hydrogens (tertiary/aromatic N) is 3. The Morgan fingerprint density at radius 3 is 2.67 bits per heavy atom. The van der Waals surface area contributed by atoms with E-state index in [1.54, 1.807) is 0 Å². The standard InChI is InChI=1S/C16H17BrN4/c1-9-10(2)21(8-12-5-4-6-13(17)7-12)16-14(9)15(18)19-11(3)20-16/h4-7H,8H2,1-3H3,(H2,18,19,20). The van der Waals surface area contributed by atoms with Gasteiger partial charge < -0.3 is 10.3 Å². The topological polar surface area (TPSA) is 56.7 Å². The van der Waals surface area contributed by atoms with Crippen molar-refractivity contribution in [2.24, 2.45) is 0 Å². The van der Waals surface area contributed by atoms with Crippen LogP contribution in [0.4, 0.5) is 5.82 Å². The van der Waals surface area contributed by atoms with Gasteiger partial charge in [0.1, 0.15) is 17.3 Å². The van der Waals surface area contributed by atoms with E-state index in [4.69, 9.17) is 5.73 Å². The van der Waals surface area contributed by atoms with Crippen LogP contribution in [0.5, 0.6) is 0 Å². The number of rotatable bonds is 2. The molecule has 0 fully saturated rings. The molecule has 2 N–H and O–H groups in total. The van der Waals surface area contributed by atoms with Crippen LogP contribution in [-0.4, -0.2) is 14.5 Å². The van der Waals surface area contributed by atoms with Crippen LogP contribution in [0, 0.1) is 20.8 Å². The molecule has 0 unspecified atom stereocenters. The Labute approximate surface area is 132 Å². The highest BCUT2D eigenvalue weighted by Gasteiger charge is 2.16. The lowest BCUT2D eigenvalue weighted by atomic mass is 10.2. The molecule has 1 aromatic carbocycles. The Kier molecular flexibility index (Phi) is 3.45. The largest absolute Gasteiger partial charge is 0.383 e. The van der Waals surface area contributed by atoms with Crippen molar-refractivity contribution < 1.29 is 0 Å². The van der Waals surface area contributed by atoms with Gasteiger partial charge in [0.2, 0.25) is 0 Å². The molecule has 0 aliphatic heterocycles. The number of nitrogens with two attached hydrogens (primary N) is 1. The van der Waals surface area contributed by atoms with Crippen LogP contribution < -0.4 is 5.73 Å². The van der Waals surface area contributed by atoms with E-state index >= 15 is 0 Å². The lowest BCUT2D eigenvalue weighted by molar-refractivity contribution is 0.787. The van der Waals surface area contributed by atoms with Gasteiger partial charge in [-0.1, -0.05) is 28.1 Å². The molecule has 5 heteroatoms. The maximum absolute atomic E-state index is 6.09. The molecule has 3 rings (SSSR count). The van der Waals surface area contributed by atoms with Crippen molar-refractivity contribution in [3.63, 3.8) is 0 Å². The number of hydrogen-bond acceptors (Lipinski definition) is 3. The van der Waals surface area contributed by atoms with Crippen LogP contribution in [0.2, 0.25) is 0 Å². The summed E-state index contributed by atoms with van der Waals surface area (Å²) < 4.78 is 3.29. The summed E-state index contributed by atoms with van der Waals surface area (Å²) in [5.41, 5.74) is 10.5. The zero-order valence-electron chi connectivity index (χ0n) is 12.3. The van der Waals surface area contributed by atoms with Crippen molar-refractivity contribution in [2.45, 2.75) is 27.3 Å². The van der Waals surface area contributed by atoms with E-state index in [1.165, 1.54) is 11.3 Å². The number of anilines is 1. The Hall–Kier alpha value is -1.88. The third-order valence-electron chi connectivity index (χ3n) is 3.84. The van der Waals surface area contributed by atoms with Gasteiger partial charge in [-0.15, -0.1) is 0 Å². The summed E-state index contributed by atoms with van der Waals surface area (Å²) in [6.07, 6.45) is 0. The number of benzene rings is 1. The number of aromatic nitrogens is 3. The minimum absolute atomic E-state index is 0.561. The Morgan fingerprint density at radius 1 is 1.19 bits per heavy atom. The normalized spacial score (nSPS) is 11.2. The van der Waals surface area contributed by atoms with Crippen LogP contribution in [0.15, 0.2) is 28.7 Å². The van der Waals surface area contributed by atoms with Gasteiger partial charge in [0.25, 0.3) is 0 Å². The molecule has 0 amide bonds. The molecule has 0 aliphatic carbocycles. The molecule has 0 atom stereocenters. The molecule has 0 bridgehead atoms. The van der Waals surface area contributed by atoms with E-state index in [0.717, 1.165) is 27.6 Å². The first-order valence-electron chi connectivity index (χ1n) is 6.81. The fourth-order valence-electron chi connectivity index (χ4n) is 2.69. The number of nitrogen functional groups attached to an aromatic ring is 1. The van der Waals surface area contributed by atoms with Gasteiger partial charge in [-0.2, -0.15) is 0 Å². The van der Waals surface area contributed by atoms with Crippen molar-refractivity contribution >= 4 is 32.8 Å². The van der Waals surface area contributed by atoms with Crippen LogP contribution in [0.25, 0.3) is 11.0 Å². The molecule has 2 heterocycles. The molecule has 2 aromatic heterocycles. The Bertz CT molecular complexity index is 836. The summed E-state index contributed by atoms with van der Waals surface area (Å²) in [6, 6.07) is 8.31. The summed E-state index contributed by atoms with van der Waals surface area (Å²) in [7, 11) is 0. The molecule has 0 aliphatic rings. The summed E-state index contributed by atoms with van der Waals surface area (Å²) in [6.45, 7) is 6.82. The van der Waals surface area contributed by atoms with Gasteiger partial charge in [-0.25, -0.2) is 9.97 Å². The monoisotopic (exact) mass is 344 g/mol. The summed E-state index contributed by atoms with van der Waals surface area (Å²) >= 11 is 3.52. The highest BCUT2D eigenvalue weighted by molar-refractivity contribution is 9.10. The molecule has 21 heavy (non-hydrogen) atoms. The molecule has 108 valence electrons. The van der Waals surface area contributed by atoms with Gasteiger partial charge in [0, 0.05) is 16.7 Å². The van der Waals surface area contributed by atoms with Crippen LogP contribution in [0.3, 0.4) is 0 Å². The first kappa shape index (κ1) is 14.1. The molecule has 0 saturated heterocycles. The maximum atomic E-state index is 6.09. The summed E-state index contributed by atoms with van der Waals surface area (Å²) in [5, 5.41) is 0.966. The Morgan fingerprint density at radius 2 is 1.95 bits per heavy atom. The first-order chi connectivity index (χ1) is 9.97. The molecule has 0 radical (unpaired) electrons. The second-order valence-corrected chi connectivity index (χ2v) is 6.20. The average Bonchev–Trinajstić information content (AvgIpc) is 2.64. The predicted molar refractivity (Wildman–Crippen MR) is 89.4 cm³/mol. The van der Waals surface area contributed by atoms with E-state index in [9.17, 15) is 0 Å². The van der Waals surface area contributed by atoms with Crippen LogP contribution >= 0.6 is 15.9 Å². The predicted octanol–water partition coefficient (Wildman–Crippen LogP) is 3.75. The fraction of sp³-hybridized carbons (Fsp3) is 0.250. The third-order valence-corrected chi connectivity index (χ3v) is 4.33. The van der Waals surface area contributed by atoms with Crippen molar-refractivity contribution in [3.8, 4) is 0 Å². The van der Waals surface area contributed by atoms with E-state index in [-0.39, 0.29) is 0 Å². The zero-order chi connectivity index (χ0) is 15.1. The van der Waals surface area contributed by atoms with Crippen molar-refractivity contribution in [3.05, 3.63) is 51.4 Å². The smallest absolute Gasteiger partial charge is 0.146 e. The summed E-state index contributed by atoms with van der Waals surface area (Å²) in [5.74, 6) is 1.26. The van der Waals surface area contributed by atoms with Gasteiger partial charge in [0.15, 0.2) is 0 Å². The Balaban J connectivity index is 2.20. The molecular weight excluding hydrogens is 328 g/mol. The fourth-order valence-corrected chi connectivity index (χ4v) is 3.13. The van der Waals surface area contributed by atoms with Crippen molar-refractivity contribution in [2.75, 3.05) is 5.73 Å². The van der Waals surface area contributed by atoms with Crippen LogP contribution in [0.1, 0.15) is 22.6 Å². The number of halogens is 1. The minimum Gasteiger partial charge on any atom is -0.383 e. The SMILES string of the molecule is Cc1nc(N)c2c(C)c(C)n(Cc3cccc(Br)c3)c2n1. The highest BCUT2D eigenvalue weighted by atomic mass is 79.9. The lowest BCUT2D eigenvalue weighted by Gasteiger charge is -2.09. The molecule has 0 spiro atoms. The third kappa shape index (κ3) is 2.42. The second kappa shape index (κ2) is 5.15. The lowest BCUT2D eigenvalue weighted by Crippen LogP contribution is -2.04. The first-order valence-corrected chi connectivity index (χ1v) is 7.60. The van der Waals surface area contributed by atoms with Crippen molar-refractivity contribution in [1.82, 2.24) is 14.5 Å². The second-order valence-electron chi connectivity index (χ2n) is 5.28. The number of fused-ring (bicyclic) bond motifs is 1. The van der Waals surface area contributed by atoms with E-state index in [1.807, 2.05) is 19.1 Å². The average molecular weight is 345 g/mol. The number of hydrogen-bond donors (Lipinski definition) is 1. The molecule has 3 aromatic rings. The van der Waals surface area contributed by atoms with Gasteiger partial charge in [-0.3, -0.25) is 0 Å². The molecule has 4 nitrogen and oxygen atoms in total. The number of aryl methyl sites for hydroxylation is 2. The highest BCUT2D eigenvalue weighted by Crippen LogP contribution is 2.28. The van der Waals surface area contributed by atoms with E-state index in [0.29, 0.717) is 11.6 Å². The molecule has 0 saturated carbocycles. The van der Waals surface area contributed by atoms with Crippen LogP contribution in [-0.2, 0) is 6.54 Å². The van der Waals surface area contributed by atoms with E-state index in [2.05, 4.69) is 56.4 Å². The minimum atomic E-state index is 0.561. The molecular formula is C16H17BrN4. The zero-order valence-corrected chi connectivity index (χ0v) is 13.9. The quantitative estimate of drug-likeness (QED) is 0.770. The van der Waals surface area contributed by atoms with Gasteiger partial charge in [-0.05, 0) is 44.0 Å². The summed E-state index contributed by atoms with van der Waals surface area (Å²) in [4.78, 5) is 8.88. The van der Waals surface area contributed by atoms with Crippen molar-refractivity contribution in [1.29, 1.82) is 0 Å². The maximum Gasteiger partial charge on any atom is 0.146 e. The van der Waals surface area contributed by atoms with E-state index < -0.39 is 0 Å².